The molecular formula is C21H30N2O3S. The van der Waals surface area contributed by atoms with E-state index in [1.54, 1.807) is 12.1 Å². The lowest BCUT2D eigenvalue weighted by molar-refractivity contribution is 0.271. The van der Waals surface area contributed by atoms with E-state index in [-0.39, 0.29) is 6.04 Å². The summed E-state index contributed by atoms with van der Waals surface area (Å²) in [6.07, 6.45) is 0. The second-order valence-electron chi connectivity index (χ2n) is 7.31. The molecule has 1 unspecified atom stereocenters. The predicted molar refractivity (Wildman–Crippen MR) is 109 cm³/mol. The summed E-state index contributed by atoms with van der Waals surface area (Å²) in [7, 11) is -0.319. The molecule has 0 spiro atoms. The van der Waals surface area contributed by atoms with Gasteiger partial charge in [-0.05, 0) is 48.2 Å². The van der Waals surface area contributed by atoms with Crippen LogP contribution in [-0.2, 0) is 16.6 Å². The van der Waals surface area contributed by atoms with Gasteiger partial charge in [0.1, 0.15) is 5.75 Å². The van der Waals surface area contributed by atoms with Crippen LogP contribution in [0.3, 0.4) is 0 Å². The van der Waals surface area contributed by atoms with Crippen LogP contribution in [0.4, 0.5) is 0 Å². The lowest BCUT2D eigenvalue weighted by atomic mass is 10.1. The number of hydrogen-bond acceptors (Lipinski definition) is 4. The fraction of sp³-hybridized carbons (Fsp3) is 0.429. The van der Waals surface area contributed by atoms with Crippen LogP contribution < -0.4 is 10.1 Å². The van der Waals surface area contributed by atoms with E-state index in [1.807, 2.05) is 24.3 Å². The van der Waals surface area contributed by atoms with E-state index in [1.165, 1.54) is 24.0 Å². The highest BCUT2D eigenvalue weighted by atomic mass is 32.2. The maximum absolute atomic E-state index is 12.1. The van der Waals surface area contributed by atoms with Gasteiger partial charge >= 0.3 is 0 Å². The van der Waals surface area contributed by atoms with Crippen molar-refractivity contribution in [1.29, 1.82) is 0 Å². The molecule has 2 aromatic rings. The van der Waals surface area contributed by atoms with Gasteiger partial charge in [0.05, 0.1) is 11.5 Å². The molecule has 2 rings (SSSR count). The van der Waals surface area contributed by atoms with Crippen molar-refractivity contribution in [1.82, 2.24) is 9.62 Å². The average molecular weight is 391 g/mol. The fourth-order valence-corrected chi connectivity index (χ4v) is 3.40. The molecule has 0 aliphatic carbocycles. The molecule has 0 saturated carbocycles. The first-order chi connectivity index (χ1) is 12.7. The number of sulfonamides is 1. The van der Waals surface area contributed by atoms with Crippen LogP contribution in [0.1, 0.15) is 37.9 Å². The van der Waals surface area contributed by atoms with Crippen molar-refractivity contribution in [2.45, 2.75) is 38.3 Å². The molecule has 27 heavy (non-hydrogen) atoms. The lowest BCUT2D eigenvalue weighted by Crippen LogP contribution is -2.22. The molecule has 0 fully saturated rings. The highest BCUT2D eigenvalue weighted by molar-refractivity contribution is 7.89. The molecule has 0 radical (unpaired) electrons. The van der Waals surface area contributed by atoms with Gasteiger partial charge in [-0.25, -0.2) is 12.7 Å². The largest absolute Gasteiger partial charge is 0.493 e. The third kappa shape index (κ3) is 6.06. The van der Waals surface area contributed by atoms with E-state index in [0.29, 0.717) is 17.4 Å². The number of nitrogens with zero attached hydrogens (tertiary/aromatic N) is 1. The molecule has 1 N–H and O–H groups in total. The van der Waals surface area contributed by atoms with Crippen molar-refractivity contribution in [2.75, 3.05) is 20.7 Å². The van der Waals surface area contributed by atoms with Crippen molar-refractivity contribution >= 4 is 10.0 Å². The van der Waals surface area contributed by atoms with Crippen LogP contribution in [0.5, 0.6) is 5.75 Å². The maximum Gasteiger partial charge on any atom is 0.242 e. The number of ether oxygens (including phenoxy) is 1. The van der Waals surface area contributed by atoms with Gasteiger partial charge in [-0.15, -0.1) is 0 Å². The first kappa shape index (κ1) is 21.4. The quantitative estimate of drug-likeness (QED) is 0.707. The van der Waals surface area contributed by atoms with Gasteiger partial charge in [0.15, 0.2) is 0 Å². The third-order valence-corrected chi connectivity index (χ3v) is 6.11. The Balaban J connectivity index is 1.93. The van der Waals surface area contributed by atoms with Gasteiger partial charge in [-0.3, -0.25) is 0 Å². The molecule has 1 atom stereocenters. The van der Waals surface area contributed by atoms with Crippen LogP contribution in [0.15, 0.2) is 53.4 Å². The van der Waals surface area contributed by atoms with E-state index in [9.17, 15) is 8.42 Å². The molecule has 0 heterocycles. The van der Waals surface area contributed by atoms with Gasteiger partial charge in [0, 0.05) is 26.7 Å². The van der Waals surface area contributed by atoms with E-state index >= 15 is 0 Å². The van der Waals surface area contributed by atoms with Crippen LogP contribution in [-0.4, -0.2) is 33.4 Å². The molecule has 0 bridgehead atoms. The zero-order valence-electron chi connectivity index (χ0n) is 16.8. The van der Waals surface area contributed by atoms with E-state index in [4.69, 9.17) is 4.74 Å². The normalized spacial score (nSPS) is 13.1. The Kier molecular flexibility index (Phi) is 7.41. The summed E-state index contributed by atoms with van der Waals surface area (Å²) in [5, 5.41) is 3.47. The number of nitrogens with one attached hydrogen (secondary N) is 1. The Morgan fingerprint density at radius 3 is 2.07 bits per heavy atom. The molecule has 0 saturated heterocycles. The Morgan fingerprint density at radius 2 is 1.56 bits per heavy atom. The van der Waals surface area contributed by atoms with Gasteiger partial charge in [0.25, 0.3) is 0 Å². The molecule has 5 nitrogen and oxygen atoms in total. The van der Waals surface area contributed by atoms with E-state index in [0.717, 1.165) is 17.9 Å². The second-order valence-corrected chi connectivity index (χ2v) is 9.46. The van der Waals surface area contributed by atoms with Crippen molar-refractivity contribution in [3.05, 3.63) is 59.7 Å². The average Bonchev–Trinajstić information content (AvgIpc) is 2.65. The van der Waals surface area contributed by atoms with E-state index in [2.05, 4.69) is 38.2 Å². The summed E-state index contributed by atoms with van der Waals surface area (Å²) < 4.78 is 31.2. The zero-order chi connectivity index (χ0) is 20.0. The summed E-state index contributed by atoms with van der Waals surface area (Å²) in [5.74, 6) is 1.39. The van der Waals surface area contributed by atoms with Gasteiger partial charge in [-0.1, -0.05) is 38.1 Å². The van der Waals surface area contributed by atoms with Crippen molar-refractivity contribution in [2.24, 2.45) is 5.92 Å². The summed E-state index contributed by atoms with van der Waals surface area (Å²) in [5.41, 5.74) is 2.22. The van der Waals surface area contributed by atoms with Crippen LogP contribution >= 0.6 is 0 Å². The maximum atomic E-state index is 12.1. The molecule has 0 aliphatic heterocycles. The van der Waals surface area contributed by atoms with E-state index < -0.39 is 10.0 Å². The Hall–Kier alpha value is -1.89. The van der Waals surface area contributed by atoms with Crippen LogP contribution in [0.25, 0.3) is 0 Å². The highest BCUT2D eigenvalue weighted by Crippen LogP contribution is 2.19. The summed E-state index contributed by atoms with van der Waals surface area (Å²) in [6.45, 7) is 7.76. The number of benzene rings is 2. The van der Waals surface area contributed by atoms with Crippen LogP contribution in [0.2, 0.25) is 0 Å². The van der Waals surface area contributed by atoms with Crippen molar-refractivity contribution in [3.8, 4) is 5.75 Å². The second kappa shape index (κ2) is 9.35. The Bertz CT molecular complexity index is 814. The lowest BCUT2D eigenvalue weighted by Gasteiger charge is -2.16. The van der Waals surface area contributed by atoms with Gasteiger partial charge in [0.2, 0.25) is 10.0 Å². The monoisotopic (exact) mass is 390 g/mol. The molecular weight excluding hydrogens is 360 g/mol. The predicted octanol–water partition coefficient (Wildman–Crippen LogP) is 3.82. The SMILES string of the molecule is CC(C)COc1ccc(CNC(C)c2ccc(S(=O)(=O)N(C)C)cc2)cc1. The fourth-order valence-electron chi connectivity index (χ4n) is 2.49. The smallest absolute Gasteiger partial charge is 0.242 e. The zero-order valence-corrected chi connectivity index (χ0v) is 17.6. The molecule has 0 aromatic heterocycles. The Labute approximate surface area is 163 Å². The Morgan fingerprint density at radius 1 is 0.963 bits per heavy atom. The molecule has 148 valence electrons. The number of rotatable bonds is 9. The summed E-state index contributed by atoms with van der Waals surface area (Å²) in [6, 6.07) is 15.2. The first-order valence-electron chi connectivity index (χ1n) is 9.17. The molecule has 0 aliphatic rings. The summed E-state index contributed by atoms with van der Waals surface area (Å²) in [4.78, 5) is 0.306. The minimum Gasteiger partial charge on any atom is -0.493 e. The van der Waals surface area contributed by atoms with Gasteiger partial charge in [-0.2, -0.15) is 0 Å². The van der Waals surface area contributed by atoms with Crippen molar-refractivity contribution < 1.29 is 13.2 Å². The highest BCUT2D eigenvalue weighted by Gasteiger charge is 2.17. The summed E-state index contributed by atoms with van der Waals surface area (Å²) >= 11 is 0. The standard InChI is InChI=1S/C21H30N2O3S/c1-16(2)15-26-20-10-6-18(7-11-20)14-22-17(3)19-8-12-21(13-9-19)27(24,25)23(4)5/h6-13,16-17,22H,14-15H2,1-5H3. The minimum absolute atomic E-state index is 0.109. The van der Waals surface area contributed by atoms with Crippen molar-refractivity contribution in [3.63, 3.8) is 0 Å². The van der Waals surface area contributed by atoms with Gasteiger partial charge < -0.3 is 10.1 Å². The minimum atomic E-state index is -3.39. The molecule has 0 amide bonds. The third-order valence-electron chi connectivity index (χ3n) is 4.28. The van der Waals surface area contributed by atoms with Crippen LogP contribution in [0, 0.1) is 5.92 Å². The molecule has 2 aromatic carbocycles. The first-order valence-corrected chi connectivity index (χ1v) is 10.6. The topological polar surface area (TPSA) is 58.6 Å². The number of hydrogen-bond donors (Lipinski definition) is 1. The molecule has 6 heteroatoms.